The van der Waals surface area contributed by atoms with Crippen LogP contribution in [0.5, 0.6) is 0 Å². The lowest BCUT2D eigenvalue weighted by molar-refractivity contribution is 0.185. The second kappa shape index (κ2) is 3.29. The van der Waals surface area contributed by atoms with Gasteiger partial charge in [0, 0.05) is 0 Å². The molecule has 5 rings (SSSR count). The second-order valence-corrected chi connectivity index (χ2v) is 7.02. The summed E-state index contributed by atoms with van der Waals surface area (Å²) in [6.45, 7) is 0. The minimum atomic E-state index is 0.880. The molecule has 1 aromatic carbocycles. The molecule has 0 heteroatoms. The van der Waals surface area contributed by atoms with Crippen LogP contribution in [0.1, 0.15) is 30.7 Å². The number of hydrogen-bond donors (Lipinski definition) is 0. The van der Waals surface area contributed by atoms with Crippen molar-refractivity contribution in [2.45, 2.75) is 25.2 Å². The minimum absolute atomic E-state index is 0.880. The van der Waals surface area contributed by atoms with Crippen LogP contribution in [0, 0.1) is 35.5 Å². The van der Waals surface area contributed by atoms with Gasteiger partial charge in [-0.1, -0.05) is 42.5 Å². The van der Waals surface area contributed by atoms with Crippen molar-refractivity contribution in [2.24, 2.45) is 35.5 Å². The standard InChI is InChI=1S/C18H20/c1-2-4-11(5-3-1)15-9-14-10-16(15)18-13-7-6-12(8-13)17(14)18/h1-7,12-18H,8-10H2. The maximum absolute atomic E-state index is 2.55. The molecule has 3 saturated carbocycles. The fraction of sp³-hybridized carbons (Fsp3) is 0.556. The van der Waals surface area contributed by atoms with Gasteiger partial charge in [-0.15, -0.1) is 0 Å². The molecule has 4 aliphatic carbocycles. The van der Waals surface area contributed by atoms with Crippen molar-refractivity contribution in [1.82, 2.24) is 0 Å². The Morgan fingerprint density at radius 2 is 1.56 bits per heavy atom. The summed E-state index contributed by atoms with van der Waals surface area (Å²) >= 11 is 0. The van der Waals surface area contributed by atoms with Gasteiger partial charge in [-0.3, -0.25) is 0 Å². The van der Waals surface area contributed by atoms with Crippen molar-refractivity contribution in [3.05, 3.63) is 48.0 Å². The molecule has 0 aromatic heterocycles. The van der Waals surface area contributed by atoms with Crippen molar-refractivity contribution in [2.75, 3.05) is 0 Å². The highest BCUT2D eigenvalue weighted by Gasteiger charge is 2.60. The summed E-state index contributed by atoms with van der Waals surface area (Å²) in [4.78, 5) is 0. The van der Waals surface area contributed by atoms with E-state index in [-0.39, 0.29) is 0 Å². The molecule has 0 saturated heterocycles. The summed E-state index contributed by atoms with van der Waals surface area (Å²) < 4.78 is 0. The molecule has 0 aliphatic heterocycles. The Kier molecular flexibility index (Phi) is 1.80. The SMILES string of the molecule is C1=CC2CC1C1C3CC(c4ccccc4)C(C3)C21. The third kappa shape index (κ3) is 1.08. The Morgan fingerprint density at radius 1 is 0.778 bits per heavy atom. The van der Waals surface area contributed by atoms with Crippen LogP contribution in [0.25, 0.3) is 0 Å². The summed E-state index contributed by atoms with van der Waals surface area (Å²) in [7, 11) is 0. The van der Waals surface area contributed by atoms with Gasteiger partial charge >= 0.3 is 0 Å². The van der Waals surface area contributed by atoms with Gasteiger partial charge < -0.3 is 0 Å². The Balaban J connectivity index is 1.52. The van der Waals surface area contributed by atoms with Gasteiger partial charge in [0.1, 0.15) is 0 Å². The van der Waals surface area contributed by atoms with Gasteiger partial charge in [-0.05, 0) is 66.3 Å². The number of rotatable bonds is 1. The first-order valence-corrected chi connectivity index (χ1v) is 7.65. The van der Waals surface area contributed by atoms with Crippen molar-refractivity contribution in [3.8, 4) is 0 Å². The average Bonchev–Trinajstić information content (AvgIpc) is 3.17. The maximum atomic E-state index is 2.55. The zero-order valence-electron chi connectivity index (χ0n) is 10.7. The fourth-order valence-corrected chi connectivity index (χ4v) is 6.10. The molecular formula is C18H20. The van der Waals surface area contributed by atoms with E-state index >= 15 is 0 Å². The average molecular weight is 236 g/mol. The lowest BCUT2D eigenvalue weighted by Crippen LogP contribution is -2.29. The number of allylic oxidation sites excluding steroid dienone is 2. The molecule has 0 amide bonds. The summed E-state index contributed by atoms with van der Waals surface area (Å²) in [5.74, 6) is 6.96. The van der Waals surface area contributed by atoms with E-state index in [0.29, 0.717) is 0 Å². The van der Waals surface area contributed by atoms with E-state index in [1.165, 1.54) is 19.3 Å². The third-order valence-corrected chi connectivity index (χ3v) is 6.50. The topological polar surface area (TPSA) is 0 Å². The molecule has 4 aliphatic rings. The van der Waals surface area contributed by atoms with Crippen molar-refractivity contribution in [1.29, 1.82) is 0 Å². The largest absolute Gasteiger partial charge is 0.0848 e. The maximum Gasteiger partial charge on any atom is -0.0128 e. The van der Waals surface area contributed by atoms with Gasteiger partial charge in [0.05, 0.1) is 0 Å². The Labute approximate surface area is 109 Å². The second-order valence-electron chi connectivity index (χ2n) is 7.02. The smallest absolute Gasteiger partial charge is 0.0128 e. The highest BCUT2D eigenvalue weighted by molar-refractivity contribution is 5.28. The molecule has 1 aromatic rings. The number of fused-ring (bicyclic) bond motifs is 9. The van der Waals surface area contributed by atoms with E-state index < -0.39 is 0 Å². The highest BCUT2D eigenvalue weighted by Crippen LogP contribution is 2.68. The monoisotopic (exact) mass is 236 g/mol. The first-order valence-electron chi connectivity index (χ1n) is 7.65. The first-order chi connectivity index (χ1) is 8.92. The molecular weight excluding hydrogens is 216 g/mol. The van der Waals surface area contributed by atoms with Crippen LogP contribution in [0.4, 0.5) is 0 Å². The van der Waals surface area contributed by atoms with Crippen LogP contribution in [-0.2, 0) is 0 Å². The number of hydrogen-bond acceptors (Lipinski definition) is 0. The van der Waals surface area contributed by atoms with E-state index in [1.54, 1.807) is 5.56 Å². The van der Waals surface area contributed by atoms with Gasteiger partial charge in [0.15, 0.2) is 0 Å². The zero-order chi connectivity index (χ0) is 11.7. The molecule has 18 heavy (non-hydrogen) atoms. The molecule has 0 radical (unpaired) electrons. The van der Waals surface area contributed by atoms with Gasteiger partial charge in [-0.2, -0.15) is 0 Å². The minimum Gasteiger partial charge on any atom is -0.0848 e. The van der Waals surface area contributed by atoms with Crippen LogP contribution in [0.2, 0.25) is 0 Å². The van der Waals surface area contributed by atoms with E-state index in [0.717, 1.165) is 41.4 Å². The van der Waals surface area contributed by atoms with Crippen molar-refractivity contribution in [3.63, 3.8) is 0 Å². The van der Waals surface area contributed by atoms with E-state index in [2.05, 4.69) is 42.5 Å². The quantitative estimate of drug-likeness (QED) is 0.505. The molecule has 4 bridgehead atoms. The van der Waals surface area contributed by atoms with Crippen LogP contribution in [0.15, 0.2) is 42.5 Å². The van der Waals surface area contributed by atoms with E-state index in [1.807, 2.05) is 0 Å². The molecule has 7 atom stereocenters. The fourth-order valence-electron chi connectivity index (χ4n) is 6.10. The molecule has 0 spiro atoms. The molecule has 3 fully saturated rings. The van der Waals surface area contributed by atoms with Crippen LogP contribution < -0.4 is 0 Å². The van der Waals surface area contributed by atoms with Crippen LogP contribution >= 0.6 is 0 Å². The molecule has 0 N–H and O–H groups in total. The van der Waals surface area contributed by atoms with E-state index in [4.69, 9.17) is 0 Å². The Morgan fingerprint density at radius 3 is 2.39 bits per heavy atom. The summed E-state index contributed by atoms with van der Waals surface area (Å²) in [6, 6.07) is 11.3. The van der Waals surface area contributed by atoms with Gasteiger partial charge in [0.25, 0.3) is 0 Å². The van der Waals surface area contributed by atoms with E-state index in [9.17, 15) is 0 Å². The third-order valence-electron chi connectivity index (χ3n) is 6.50. The zero-order valence-corrected chi connectivity index (χ0v) is 10.7. The number of benzene rings is 1. The predicted octanol–water partition coefficient (Wildman–Crippen LogP) is 4.25. The lowest BCUT2D eigenvalue weighted by Gasteiger charge is -2.37. The lowest BCUT2D eigenvalue weighted by atomic mass is 9.68. The summed E-state index contributed by atoms with van der Waals surface area (Å²) in [5, 5.41) is 0. The molecule has 92 valence electrons. The summed E-state index contributed by atoms with van der Waals surface area (Å²) in [6.07, 6.45) is 9.60. The van der Waals surface area contributed by atoms with Gasteiger partial charge in [-0.25, -0.2) is 0 Å². The Bertz CT molecular complexity index is 500. The first kappa shape index (κ1) is 9.83. The highest BCUT2D eigenvalue weighted by atomic mass is 14.6. The van der Waals surface area contributed by atoms with Crippen LogP contribution in [0.3, 0.4) is 0 Å². The predicted molar refractivity (Wildman–Crippen MR) is 73.1 cm³/mol. The molecule has 0 nitrogen and oxygen atoms in total. The molecule has 7 unspecified atom stereocenters. The van der Waals surface area contributed by atoms with Crippen molar-refractivity contribution < 1.29 is 0 Å². The Hall–Kier alpha value is -1.04. The van der Waals surface area contributed by atoms with Gasteiger partial charge in [0.2, 0.25) is 0 Å². The van der Waals surface area contributed by atoms with Crippen LogP contribution in [-0.4, -0.2) is 0 Å². The normalized spacial score (nSPS) is 51.0. The molecule has 0 heterocycles. The summed E-state index contributed by atoms with van der Waals surface area (Å²) in [5.41, 5.74) is 1.62. The van der Waals surface area contributed by atoms with Crippen molar-refractivity contribution >= 4 is 0 Å².